The van der Waals surface area contributed by atoms with Crippen molar-refractivity contribution in [1.29, 1.82) is 0 Å². The maximum atomic E-state index is 11.1. The Balaban J connectivity index is 0.915. The molecule has 1 spiro atoms. The molecule has 21 atom stereocenters. The average molecular weight is 722 g/mol. The molecule has 4 aliphatic carbocycles. The number of aliphatic hydroxyl groups excluding tert-OH is 6. The normalized spacial score (nSPS) is 58.4. The maximum Gasteiger partial charge on any atom is 0.187 e. The van der Waals surface area contributed by atoms with Gasteiger partial charge in [-0.2, -0.15) is 0 Å². The molecular formula is C39H63NO11. The molecule has 4 aliphatic heterocycles. The van der Waals surface area contributed by atoms with Crippen molar-refractivity contribution in [3.05, 3.63) is 11.6 Å². The highest BCUT2D eigenvalue weighted by Gasteiger charge is 2.68. The van der Waals surface area contributed by atoms with E-state index in [0.29, 0.717) is 47.0 Å². The number of piperidine rings is 1. The average Bonchev–Trinajstić information content (AvgIpc) is 3.56. The molecule has 8 rings (SSSR count). The molecule has 12 nitrogen and oxygen atoms in total. The number of fused-ring (bicyclic) bond motifs is 7. The van der Waals surface area contributed by atoms with E-state index in [4.69, 9.17) is 23.7 Å². The third kappa shape index (κ3) is 5.84. The molecule has 8 aliphatic rings. The summed E-state index contributed by atoms with van der Waals surface area (Å²) in [5, 5.41) is 67.0. The Bertz CT molecular complexity index is 1310. The van der Waals surface area contributed by atoms with Gasteiger partial charge in [-0.1, -0.05) is 39.3 Å². The molecule has 4 saturated heterocycles. The van der Waals surface area contributed by atoms with E-state index < -0.39 is 68.0 Å². The molecule has 4 heterocycles. The van der Waals surface area contributed by atoms with Crippen LogP contribution in [0, 0.1) is 46.3 Å². The molecule has 7 N–H and O–H groups in total. The molecule has 0 bridgehead atoms. The van der Waals surface area contributed by atoms with Crippen molar-refractivity contribution in [2.75, 3.05) is 13.2 Å². The smallest absolute Gasteiger partial charge is 0.187 e. The fraction of sp³-hybridized carbons (Fsp3) is 0.949. The second-order valence-corrected chi connectivity index (χ2v) is 18.4. The molecule has 0 radical (unpaired) electrons. The van der Waals surface area contributed by atoms with Gasteiger partial charge >= 0.3 is 0 Å². The van der Waals surface area contributed by atoms with Crippen LogP contribution >= 0.6 is 0 Å². The summed E-state index contributed by atoms with van der Waals surface area (Å²) in [5.74, 6) is 3.74. The van der Waals surface area contributed by atoms with Gasteiger partial charge in [-0.3, -0.25) is 5.32 Å². The van der Waals surface area contributed by atoms with Crippen LogP contribution in [0.3, 0.4) is 0 Å². The van der Waals surface area contributed by atoms with E-state index >= 15 is 0 Å². The number of hydrogen-bond donors (Lipinski definition) is 7. The molecule has 290 valence electrons. The zero-order chi connectivity index (χ0) is 36.2. The highest BCUT2D eigenvalue weighted by atomic mass is 16.7. The lowest BCUT2D eigenvalue weighted by atomic mass is 9.47. The molecule has 3 saturated carbocycles. The number of rotatable bonds is 5. The first-order chi connectivity index (χ1) is 24.2. The SMILES string of the molecule is C[C@@H]1CC[C@@]2(NC1)O[C@H]1C[C@H]3[C@@H]4CC=C5C[C@H](O[C@H]6O[C@H](CO)[C@@H](O[C@H]7O[C@H](C)[C@@H](O)[C@@H](O)[C@H]7O)[C@@H](O)[C@H]6O)CC[C@]5(C)[C@H]4CC[C@]3(C)[C@@H]1[C@H]2C. The van der Waals surface area contributed by atoms with E-state index in [1.165, 1.54) is 38.2 Å². The monoisotopic (exact) mass is 721 g/mol. The van der Waals surface area contributed by atoms with Gasteiger partial charge in [-0.05, 0) is 105 Å². The fourth-order valence-electron chi connectivity index (χ4n) is 12.7. The summed E-state index contributed by atoms with van der Waals surface area (Å²) in [7, 11) is 0. The summed E-state index contributed by atoms with van der Waals surface area (Å²) in [6, 6.07) is 0. The summed E-state index contributed by atoms with van der Waals surface area (Å²) in [6.45, 7) is 11.9. The molecule has 0 unspecified atom stereocenters. The summed E-state index contributed by atoms with van der Waals surface area (Å²) in [6.07, 6.45) is -1.11. The van der Waals surface area contributed by atoms with Crippen LogP contribution in [0.4, 0.5) is 0 Å². The number of allylic oxidation sites excluding steroid dienone is 1. The van der Waals surface area contributed by atoms with Crippen molar-refractivity contribution in [2.45, 2.75) is 172 Å². The summed E-state index contributed by atoms with van der Waals surface area (Å²) in [5.41, 5.74) is 1.66. The fourth-order valence-corrected chi connectivity index (χ4v) is 12.7. The van der Waals surface area contributed by atoms with Crippen LogP contribution in [0.1, 0.15) is 92.4 Å². The van der Waals surface area contributed by atoms with Gasteiger partial charge in [-0.25, -0.2) is 0 Å². The van der Waals surface area contributed by atoms with E-state index in [1.807, 2.05) is 0 Å². The lowest BCUT2D eigenvalue weighted by Crippen LogP contribution is -2.64. The quantitative estimate of drug-likeness (QED) is 0.206. The number of hydrogen-bond acceptors (Lipinski definition) is 12. The maximum absolute atomic E-state index is 11.1. The van der Waals surface area contributed by atoms with Crippen LogP contribution in [0.25, 0.3) is 0 Å². The Kier molecular flexibility index (Phi) is 9.83. The number of ether oxygens (including phenoxy) is 5. The van der Waals surface area contributed by atoms with Gasteiger partial charge in [0, 0.05) is 12.5 Å². The van der Waals surface area contributed by atoms with E-state index in [-0.39, 0.29) is 17.2 Å². The first-order valence-electron chi connectivity index (χ1n) is 20.0. The van der Waals surface area contributed by atoms with Crippen LogP contribution in [-0.2, 0) is 23.7 Å². The van der Waals surface area contributed by atoms with Gasteiger partial charge in [0.05, 0.1) is 24.9 Å². The third-order valence-electron chi connectivity index (χ3n) is 15.8. The standard InChI is InChI=1S/C39H63NO11/c1-18-8-13-39(40-16-18)19(2)28-26(51-39)15-25-23-7-6-21-14-22(9-11-37(21,4)24(23)10-12-38(25,28)5)48-36-33(46)31(44)34(27(17-41)49-36)50-35-32(45)30(43)29(42)20(3)47-35/h6,18-20,22-36,40-46H,7-17H2,1-5H3/t18-,19-,20-,22-,23-,24+,25+,26+,27-,28-,29-,30-,31+,32-,33-,34-,35-,36+,37+,38+,39-/m1/s1. The Morgan fingerprint density at radius 2 is 1.59 bits per heavy atom. The Morgan fingerprint density at radius 1 is 0.843 bits per heavy atom. The van der Waals surface area contributed by atoms with E-state index in [1.54, 1.807) is 0 Å². The van der Waals surface area contributed by atoms with Gasteiger partial charge in [-0.15, -0.1) is 0 Å². The lowest BCUT2D eigenvalue weighted by molar-refractivity contribution is -0.360. The van der Waals surface area contributed by atoms with E-state index in [0.717, 1.165) is 38.6 Å². The Morgan fingerprint density at radius 3 is 2.31 bits per heavy atom. The number of nitrogens with one attached hydrogen (secondary N) is 1. The van der Waals surface area contributed by atoms with Crippen molar-refractivity contribution < 1.29 is 54.3 Å². The summed E-state index contributed by atoms with van der Waals surface area (Å²) < 4.78 is 30.7. The predicted octanol–water partition coefficient (Wildman–Crippen LogP) is 1.96. The zero-order valence-corrected chi connectivity index (χ0v) is 31.0. The minimum atomic E-state index is -1.60. The minimum Gasteiger partial charge on any atom is -0.394 e. The van der Waals surface area contributed by atoms with Crippen LogP contribution in [0.2, 0.25) is 0 Å². The molecule has 0 aromatic carbocycles. The van der Waals surface area contributed by atoms with Crippen LogP contribution in [-0.4, -0.2) is 123 Å². The molecule has 0 aromatic heterocycles. The van der Waals surface area contributed by atoms with Gasteiger partial charge in [0.1, 0.15) is 48.5 Å². The number of aliphatic hydroxyl groups is 6. The minimum absolute atomic E-state index is 0.0881. The largest absolute Gasteiger partial charge is 0.394 e. The molecule has 7 fully saturated rings. The van der Waals surface area contributed by atoms with E-state index in [2.05, 4.69) is 39.1 Å². The van der Waals surface area contributed by atoms with Crippen LogP contribution in [0.15, 0.2) is 11.6 Å². The molecular weight excluding hydrogens is 658 g/mol. The Hall–Kier alpha value is -0.740. The lowest BCUT2D eigenvalue weighted by Gasteiger charge is -2.59. The predicted molar refractivity (Wildman–Crippen MR) is 184 cm³/mol. The Labute approximate surface area is 302 Å². The van der Waals surface area contributed by atoms with E-state index in [9.17, 15) is 30.6 Å². The van der Waals surface area contributed by atoms with Crippen molar-refractivity contribution in [3.63, 3.8) is 0 Å². The van der Waals surface area contributed by atoms with Gasteiger partial charge in [0.2, 0.25) is 0 Å². The molecule has 0 amide bonds. The second-order valence-electron chi connectivity index (χ2n) is 18.4. The first kappa shape index (κ1) is 37.2. The highest BCUT2D eigenvalue weighted by Crippen LogP contribution is 2.70. The van der Waals surface area contributed by atoms with Crippen molar-refractivity contribution >= 4 is 0 Å². The third-order valence-corrected chi connectivity index (χ3v) is 15.8. The van der Waals surface area contributed by atoms with Crippen molar-refractivity contribution in [1.82, 2.24) is 5.32 Å². The molecule has 12 heteroatoms. The second kappa shape index (κ2) is 13.5. The van der Waals surface area contributed by atoms with Gasteiger partial charge < -0.3 is 54.3 Å². The first-order valence-corrected chi connectivity index (χ1v) is 20.0. The van der Waals surface area contributed by atoms with Crippen LogP contribution in [0.5, 0.6) is 0 Å². The summed E-state index contributed by atoms with van der Waals surface area (Å²) in [4.78, 5) is 0. The van der Waals surface area contributed by atoms with Gasteiger partial charge in [0.15, 0.2) is 12.6 Å². The highest BCUT2D eigenvalue weighted by molar-refractivity contribution is 5.26. The zero-order valence-electron chi connectivity index (χ0n) is 31.0. The summed E-state index contributed by atoms with van der Waals surface area (Å²) >= 11 is 0. The topological polar surface area (TPSA) is 180 Å². The van der Waals surface area contributed by atoms with Crippen molar-refractivity contribution in [3.8, 4) is 0 Å². The van der Waals surface area contributed by atoms with Crippen molar-refractivity contribution in [2.24, 2.45) is 46.3 Å². The molecule has 0 aromatic rings. The van der Waals surface area contributed by atoms with Gasteiger partial charge in [0.25, 0.3) is 0 Å². The van der Waals surface area contributed by atoms with Crippen LogP contribution < -0.4 is 5.32 Å². The molecule has 51 heavy (non-hydrogen) atoms.